The van der Waals surface area contributed by atoms with E-state index in [1.165, 1.54) is 37.8 Å². The molecule has 4 heteroatoms. The van der Waals surface area contributed by atoms with Gasteiger partial charge >= 0.3 is 0 Å². The Bertz CT molecular complexity index is 765. The Labute approximate surface area is 148 Å². The van der Waals surface area contributed by atoms with Crippen LogP contribution in [0.4, 0.5) is 0 Å². The summed E-state index contributed by atoms with van der Waals surface area (Å²) < 4.78 is 11.5. The average molecular weight is 337 g/mol. The van der Waals surface area contributed by atoms with Crippen LogP contribution in [-0.2, 0) is 6.61 Å². The van der Waals surface area contributed by atoms with Crippen molar-refractivity contribution < 1.29 is 14.3 Å². The molecule has 0 spiro atoms. The number of hydrogen-bond donors (Lipinski definition) is 0. The summed E-state index contributed by atoms with van der Waals surface area (Å²) in [5, 5.41) is 0. The van der Waals surface area contributed by atoms with Gasteiger partial charge in [0, 0.05) is 30.3 Å². The third-order valence-corrected chi connectivity index (χ3v) is 5.11. The lowest BCUT2D eigenvalue weighted by molar-refractivity contribution is 0.0933. The fourth-order valence-electron chi connectivity index (χ4n) is 3.70. The normalized spacial score (nSPS) is 17.7. The first-order valence-electron chi connectivity index (χ1n) is 9.17. The van der Waals surface area contributed by atoms with Gasteiger partial charge in [-0.2, -0.15) is 0 Å². The molecule has 0 N–H and O–H groups in total. The lowest BCUT2D eigenvalue weighted by Crippen LogP contribution is -2.15. The number of hydrogen-bond acceptors (Lipinski definition) is 4. The van der Waals surface area contributed by atoms with E-state index in [1.54, 1.807) is 6.07 Å². The monoisotopic (exact) mass is 337 g/mol. The number of Topliss-reactive ketones (excluding diaryl/α,β-unsaturated/α-hetero) is 1. The zero-order valence-corrected chi connectivity index (χ0v) is 14.4. The smallest absolute Gasteiger partial charge is 0.169 e. The average Bonchev–Trinajstić information content (AvgIpc) is 2.67. The maximum Gasteiger partial charge on any atom is 0.169 e. The third-order valence-electron chi connectivity index (χ3n) is 5.11. The van der Waals surface area contributed by atoms with Crippen molar-refractivity contribution in [1.29, 1.82) is 0 Å². The van der Waals surface area contributed by atoms with Crippen molar-refractivity contribution in [3.05, 3.63) is 53.3 Å². The summed E-state index contributed by atoms with van der Waals surface area (Å²) in [6.45, 7) is 0.944. The van der Waals surface area contributed by atoms with Crippen LogP contribution in [0.1, 0.15) is 66.1 Å². The van der Waals surface area contributed by atoms with Crippen molar-refractivity contribution >= 4 is 5.78 Å². The zero-order chi connectivity index (χ0) is 17.1. The number of pyridine rings is 1. The third kappa shape index (κ3) is 3.68. The summed E-state index contributed by atoms with van der Waals surface area (Å²) in [6, 6.07) is 9.63. The van der Waals surface area contributed by atoms with Crippen LogP contribution in [0, 0.1) is 0 Å². The number of nitrogens with zero attached hydrogens (tertiary/aromatic N) is 1. The van der Waals surface area contributed by atoms with Crippen LogP contribution in [-0.4, -0.2) is 17.4 Å². The minimum Gasteiger partial charge on any atom is -0.492 e. The summed E-state index contributed by atoms with van der Waals surface area (Å²) in [7, 11) is 0. The molecule has 130 valence electrons. The highest BCUT2D eigenvalue weighted by Gasteiger charge is 2.19. The molecule has 4 rings (SSSR count). The molecule has 1 saturated carbocycles. The maximum atomic E-state index is 11.8. The Hall–Kier alpha value is -2.36. The van der Waals surface area contributed by atoms with Gasteiger partial charge in [-0.15, -0.1) is 0 Å². The molecule has 2 aromatic rings. The molecule has 0 unspecified atom stereocenters. The summed E-state index contributed by atoms with van der Waals surface area (Å²) in [4.78, 5) is 16.4. The van der Waals surface area contributed by atoms with E-state index in [0.717, 1.165) is 11.3 Å². The fourth-order valence-corrected chi connectivity index (χ4v) is 3.70. The number of fused-ring (bicyclic) bond motifs is 1. The van der Waals surface area contributed by atoms with Crippen LogP contribution < -0.4 is 9.47 Å². The number of benzene rings is 1. The number of aromatic nitrogens is 1. The first kappa shape index (κ1) is 16.1. The van der Waals surface area contributed by atoms with Gasteiger partial charge in [0.1, 0.15) is 18.1 Å². The molecule has 1 aromatic heterocycles. The summed E-state index contributed by atoms with van der Waals surface area (Å²) in [5.74, 6) is 2.09. The minimum atomic E-state index is 0.138. The maximum absolute atomic E-state index is 11.8. The molecule has 0 radical (unpaired) electrons. The molecule has 2 aliphatic rings. The quantitative estimate of drug-likeness (QED) is 0.813. The van der Waals surface area contributed by atoms with Crippen LogP contribution in [0.15, 0.2) is 36.5 Å². The Morgan fingerprint density at radius 2 is 2.00 bits per heavy atom. The standard InChI is InChI=1S/C21H23NO3/c23-20-9-11-24-21-13-17(6-7-18(20)21)25-14-15-8-10-22-19(12-15)16-4-2-1-3-5-16/h6-8,10,12-13,16H,1-5,9,11,14H2. The summed E-state index contributed by atoms with van der Waals surface area (Å²) in [5.41, 5.74) is 2.98. The first-order chi connectivity index (χ1) is 12.3. The number of rotatable bonds is 4. The molecule has 4 nitrogen and oxygen atoms in total. The van der Waals surface area contributed by atoms with E-state index in [2.05, 4.69) is 11.1 Å². The second-order valence-corrected chi connectivity index (χ2v) is 6.89. The lowest BCUT2D eigenvalue weighted by Gasteiger charge is -2.21. The van der Waals surface area contributed by atoms with Gasteiger partial charge in [0.05, 0.1) is 12.2 Å². The zero-order valence-electron chi connectivity index (χ0n) is 14.4. The van der Waals surface area contributed by atoms with Crippen LogP contribution in [0.3, 0.4) is 0 Å². The van der Waals surface area contributed by atoms with Crippen molar-refractivity contribution in [2.75, 3.05) is 6.61 Å². The highest BCUT2D eigenvalue weighted by molar-refractivity contribution is 5.99. The Balaban J connectivity index is 1.44. The fraction of sp³-hybridized carbons (Fsp3) is 0.429. The van der Waals surface area contributed by atoms with Crippen molar-refractivity contribution in [2.45, 2.75) is 51.0 Å². The van der Waals surface area contributed by atoms with Gasteiger partial charge in [0.2, 0.25) is 0 Å². The Morgan fingerprint density at radius 1 is 1.12 bits per heavy atom. The Kier molecular flexibility index (Phi) is 4.68. The molecule has 1 aliphatic heterocycles. The molecule has 0 bridgehead atoms. The molecular weight excluding hydrogens is 314 g/mol. The van der Waals surface area contributed by atoms with Crippen molar-refractivity contribution in [3.8, 4) is 11.5 Å². The SMILES string of the molecule is O=C1CCOc2cc(OCc3ccnc(C4CCCCC4)c3)ccc21. The minimum absolute atomic E-state index is 0.138. The van der Waals surface area contributed by atoms with Crippen molar-refractivity contribution in [1.82, 2.24) is 4.98 Å². The predicted octanol–water partition coefficient (Wildman–Crippen LogP) is 4.67. The highest BCUT2D eigenvalue weighted by Crippen LogP contribution is 2.32. The number of ether oxygens (including phenoxy) is 2. The predicted molar refractivity (Wildman–Crippen MR) is 95.3 cm³/mol. The van der Waals surface area contributed by atoms with E-state index >= 15 is 0 Å². The van der Waals surface area contributed by atoms with Gasteiger partial charge in [0.15, 0.2) is 5.78 Å². The molecule has 0 saturated heterocycles. The molecule has 2 heterocycles. The summed E-state index contributed by atoms with van der Waals surface area (Å²) in [6.07, 6.45) is 8.79. The molecule has 25 heavy (non-hydrogen) atoms. The summed E-state index contributed by atoms with van der Waals surface area (Å²) >= 11 is 0. The second-order valence-electron chi connectivity index (χ2n) is 6.89. The van der Waals surface area contributed by atoms with E-state index in [4.69, 9.17) is 9.47 Å². The molecule has 1 aliphatic carbocycles. The second kappa shape index (κ2) is 7.26. The number of carbonyl (C=O) groups is 1. The molecule has 1 fully saturated rings. The van der Waals surface area contributed by atoms with Crippen LogP contribution in [0.25, 0.3) is 0 Å². The topological polar surface area (TPSA) is 48.4 Å². The van der Waals surface area contributed by atoms with Gasteiger partial charge in [-0.05, 0) is 42.7 Å². The molecule has 0 atom stereocenters. The van der Waals surface area contributed by atoms with E-state index in [0.29, 0.717) is 36.9 Å². The van der Waals surface area contributed by atoms with E-state index < -0.39 is 0 Å². The van der Waals surface area contributed by atoms with Gasteiger partial charge in [-0.1, -0.05) is 19.3 Å². The molecule has 0 amide bonds. The highest BCUT2D eigenvalue weighted by atomic mass is 16.5. The van der Waals surface area contributed by atoms with Crippen LogP contribution in [0.2, 0.25) is 0 Å². The van der Waals surface area contributed by atoms with Crippen molar-refractivity contribution in [2.24, 2.45) is 0 Å². The largest absolute Gasteiger partial charge is 0.492 e. The number of ketones is 1. The van der Waals surface area contributed by atoms with Crippen molar-refractivity contribution in [3.63, 3.8) is 0 Å². The first-order valence-corrected chi connectivity index (χ1v) is 9.17. The van der Waals surface area contributed by atoms with Crippen LogP contribution >= 0.6 is 0 Å². The van der Waals surface area contributed by atoms with E-state index in [-0.39, 0.29) is 5.78 Å². The van der Waals surface area contributed by atoms with Gasteiger partial charge in [-0.3, -0.25) is 9.78 Å². The van der Waals surface area contributed by atoms with Gasteiger partial charge < -0.3 is 9.47 Å². The van der Waals surface area contributed by atoms with E-state index in [1.807, 2.05) is 24.4 Å². The van der Waals surface area contributed by atoms with Gasteiger partial charge in [0.25, 0.3) is 0 Å². The van der Waals surface area contributed by atoms with E-state index in [9.17, 15) is 4.79 Å². The van der Waals surface area contributed by atoms with Crippen LogP contribution in [0.5, 0.6) is 11.5 Å². The molecule has 1 aromatic carbocycles. The lowest BCUT2D eigenvalue weighted by atomic mass is 9.86. The van der Waals surface area contributed by atoms with Gasteiger partial charge in [-0.25, -0.2) is 0 Å². The Morgan fingerprint density at radius 3 is 2.88 bits per heavy atom. The number of carbonyl (C=O) groups excluding carboxylic acids is 1. The molecular formula is C21H23NO3.